The van der Waals surface area contributed by atoms with E-state index < -0.39 is 9.84 Å². The zero-order chi connectivity index (χ0) is 15.3. The van der Waals surface area contributed by atoms with Gasteiger partial charge in [-0.2, -0.15) is 15.0 Å². The Balaban J connectivity index is 2.09. The van der Waals surface area contributed by atoms with Crippen molar-refractivity contribution in [3.05, 3.63) is 0 Å². The highest BCUT2D eigenvalue weighted by Crippen LogP contribution is 2.14. The van der Waals surface area contributed by atoms with Crippen LogP contribution in [0.4, 0.5) is 17.8 Å². The van der Waals surface area contributed by atoms with Crippen LogP contribution < -0.4 is 21.5 Å². The Morgan fingerprint density at radius 1 is 1.24 bits per heavy atom. The van der Waals surface area contributed by atoms with Crippen LogP contribution in [-0.2, 0) is 14.6 Å². The lowest BCUT2D eigenvalue weighted by molar-refractivity contribution is 0.122. The Labute approximate surface area is 123 Å². The highest BCUT2D eigenvalue weighted by molar-refractivity contribution is 7.90. The Morgan fingerprint density at radius 2 is 1.90 bits per heavy atom. The van der Waals surface area contributed by atoms with Crippen LogP contribution in [-0.4, -0.2) is 68.2 Å². The van der Waals surface area contributed by atoms with E-state index in [1.54, 1.807) is 0 Å². The van der Waals surface area contributed by atoms with Gasteiger partial charge in [-0.1, -0.05) is 0 Å². The minimum Gasteiger partial charge on any atom is -0.378 e. The highest BCUT2D eigenvalue weighted by atomic mass is 32.2. The van der Waals surface area contributed by atoms with Gasteiger partial charge in [-0.05, 0) is 0 Å². The van der Waals surface area contributed by atoms with Gasteiger partial charge in [-0.25, -0.2) is 14.3 Å². The summed E-state index contributed by atoms with van der Waals surface area (Å²) >= 11 is 0. The fourth-order valence-corrected chi connectivity index (χ4v) is 2.23. The predicted molar refractivity (Wildman–Crippen MR) is 78.9 cm³/mol. The van der Waals surface area contributed by atoms with Crippen LogP contribution in [0.25, 0.3) is 0 Å². The van der Waals surface area contributed by atoms with Crippen molar-refractivity contribution in [2.75, 3.05) is 60.5 Å². The Hall–Kier alpha value is -1.72. The fraction of sp³-hybridized carbons (Fsp3) is 0.700. The van der Waals surface area contributed by atoms with Crippen LogP contribution in [0, 0.1) is 0 Å². The summed E-state index contributed by atoms with van der Waals surface area (Å²) in [6.45, 7) is 2.78. The first-order chi connectivity index (χ1) is 9.98. The van der Waals surface area contributed by atoms with E-state index in [-0.39, 0.29) is 24.2 Å². The number of nitrogen functional groups attached to an aromatic ring is 1. The number of aromatic nitrogens is 3. The lowest BCUT2D eigenvalue weighted by atomic mass is 10.4. The third-order valence-corrected chi connectivity index (χ3v) is 3.75. The molecule has 4 N–H and O–H groups in total. The van der Waals surface area contributed by atoms with Crippen molar-refractivity contribution < 1.29 is 13.2 Å². The number of hydrogen-bond acceptors (Lipinski definition) is 10. The van der Waals surface area contributed by atoms with Crippen molar-refractivity contribution in [2.24, 2.45) is 5.84 Å². The van der Waals surface area contributed by atoms with Crippen molar-refractivity contribution in [1.29, 1.82) is 0 Å². The maximum absolute atomic E-state index is 11.1. The molecule has 1 saturated heterocycles. The van der Waals surface area contributed by atoms with Crippen LogP contribution in [0.2, 0.25) is 0 Å². The molecule has 11 heteroatoms. The third-order valence-electron chi connectivity index (χ3n) is 2.80. The summed E-state index contributed by atoms with van der Waals surface area (Å²) in [5.74, 6) is 6.31. The minimum absolute atomic E-state index is 0.00302. The monoisotopic (exact) mass is 317 g/mol. The molecular weight excluding hydrogens is 298 g/mol. The standard InChI is InChI=1S/C10H19N7O3S/c1-21(18,19)7-2-12-8-13-9(16-11)15-10(14-8)17-3-5-20-6-4-17/h2-7,11H2,1H3,(H2,12,13,14,15,16). The van der Waals surface area contributed by atoms with Gasteiger partial charge in [-0.3, -0.25) is 5.43 Å². The summed E-state index contributed by atoms with van der Waals surface area (Å²) < 4.78 is 27.5. The Bertz CT molecular complexity index is 574. The lowest BCUT2D eigenvalue weighted by Gasteiger charge is -2.27. The summed E-state index contributed by atoms with van der Waals surface area (Å²) in [6.07, 6.45) is 1.17. The van der Waals surface area contributed by atoms with Crippen molar-refractivity contribution in [1.82, 2.24) is 15.0 Å². The molecule has 0 saturated carbocycles. The highest BCUT2D eigenvalue weighted by Gasteiger charge is 2.16. The smallest absolute Gasteiger partial charge is 0.243 e. The van der Waals surface area contributed by atoms with Crippen molar-refractivity contribution in [2.45, 2.75) is 0 Å². The van der Waals surface area contributed by atoms with Crippen LogP contribution in [0.3, 0.4) is 0 Å². The summed E-state index contributed by atoms with van der Waals surface area (Å²) in [6, 6.07) is 0. The topological polar surface area (TPSA) is 135 Å². The van der Waals surface area contributed by atoms with Crippen LogP contribution in [0.1, 0.15) is 0 Å². The SMILES string of the molecule is CS(=O)(=O)CCNc1nc(NN)nc(N2CCOCC2)n1. The second-order valence-electron chi connectivity index (χ2n) is 4.58. The average molecular weight is 317 g/mol. The molecule has 1 fully saturated rings. The average Bonchev–Trinajstić information content (AvgIpc) is 2.46. The molecule has 2 rings (SSSR count). The van der Waals surface area contributed by atoms with Gasteiger partial charge >= 0.3 is 0 Å². The van der Waals surface area contributed by atoms with Crippen LogP contribution in [0.15, 0.2) is 0 Å². The van der Waals surface area contributed by atoms with Crippen LogP contribution >= 0.6 is 0 Å². The molecule has 0 bridgehead atoms. The number of rotatable bonds is 6. The summed E-state index contributed by atoms with van der Waals surface area (Å²) in [5, 5.41) is 2.86. The molecule has 10 nitrogen and oxygen atoms in total. The van der Waals surface area contributed by atoms with Gasteiger partial charge in [0.05, 0.1) is 19.0 Å². The van der Waals surface area contributed by atoms with Gasteiger partial charge in [0.15, 0.2) is 0 Å². The minimum atomic E-state index is -3.04. The van der Waals surface area contributed by atoms with E-state index in [9.17, 15) is 8.42 Å². The van der Waals surface area contributed by atoms with Gasteiger partial charge in [0, 0.05) is 25.9 Å². The number of hydrogen-bond donors (Lipinski definition) is 3. The summed E-state index contributed by atoms with van der Waals surface area (Å²) in [7, 11) is -3.04. The summed E-state index contributed by atoms with van der Waals surface area (Å²) in [5.41, 5.74) is 2.38. The van der Waals surface area contributed by atoms with Gasteiger partial charge in [0.2, 0.25) is 17.8 Å². The molecule has 118 valence electrons. The number of morpholine rings is 1. The van der Waals surface area contributed by atoms with E-state index in [1.165, 1.54) is 6.26 Å². The van der Waals surface area contributed by atoms with Crippen molar-refractivity contribution in [3.63, 3.8) is 0 Å². The molecular formula is C10H19N7O3S. The van der Waals surface area contributed by atoms with Gasteiger partial charge in [0.1, 0.15) is 9.84 Å². The number of anilines is 3. The first-order valence-corrected chi connectivity index (χ1v) is 8.51. The number of hydrazine groups is 1. The number of ether oxygens (including phenoxy) is 1. The predicted octanol–water partition coefficient (Wildman–Crippen LogP) is -1.55. The van der Waals surface area contributed by atoms with E-state index >= 15 is 0 Å². The van der Waals surface area contributed by atoms with E-state index in [0.717, 1.165) is 0 Å². The normalized spacial score (nSPS) is 15.8. The van der Waals surface area contributed by atoms with Crippen molar-refractivity contribution >= 4 is 27.7 Å². The number of nitrogens with zero attached hydrogens (tertiary/aromatic N) is 4. The zero-order valence-electron chi connectivity index (χ0n) is 11.7. The van der Waals surface area contributed by atoms with Gasteiger partial charge in [0.25, 0.3) is 0 Å². The van der Waals surface area contributed by atoms with Crippen molar-refractivity contribution in [3.8, 4) is 0 Å². The molecule has 0 spiro atoms. The molecule has 1 aromatic rings. The third kappa shape index (κ3) is 4.95. The Morgan fingerprint density at radius 3 is 2.52 bits per heavy atom. The quantitative estimate of drug-likeness (QED) is 0.418. The van der Waals surface area contributed by atoms with Gasteiger partial charge < -0.3 is 15.0 Å². The van der Waals surface area contributed by atoms with E-state index in [2.05, 4.69) is 25.7 Å². The molecule has 0 aromatic carbocycles. The molecule has 1 aromatic heterocycles. The Kier molecular flexibility index (Phi) is 5.09. The first kappa shape index (κ1) is 15.7. The maximum Gasteiger partial charge on any atom is 0.243 e. The molecule has 1 aliphatic rings. The zero-order valence-corrected chi connectivity index (χ0v) is 12.6. The lowest BCUT2D eigenvalue weighted by Crippen LogP contribution is -2.37. The second-order valence-corrected chi connectivity index (χ2v) is 6.84. The molecule has 0 amide bonds. The maximum atomic E-state index is 11.1. The molecule has 0 aliphatic carbocycles. The van der Waals surface area contributed by atoms with E-state index in [4.69, 9.17) is 10.6 Å². The first-order valence-electron chi connectivity index (χ1n) is 6.45. The largest absolute Gasteiger partial charge is 0.378 e. The molecule has 21 heavy (non-hydrogen) atoms. The molecule has 2 heterocycles. The van der Waals surface area contributed by atoms with Crippen LogP contribution in [0.5, 0.6) is 0 Å². The second kappa shape index (κ2) is 6.83. The van der Waals surface area contributed by atoms with Gasteiger partial charge in [-0.15, -0.1) is 0 Å². The number of sulfone groups is 1. The number of nitrogens with one attached hydrogen (secondary N) is 2. The molecule has 1 aliphatic heterocycles. The van der Waals surface area contributed by atoms with E-state index in [1.807, 2.05) is 4.90 Å². The molecule has 0 unspecified atom stereocenters. The molecule has 0 radical (unpaired) electrons. The fourth-order valence-electron chi connectivity index (χ4n) is 1.76. The summed E-state index contributed by atoms with van der Waals surface area (Å²) in [4.78, 5) is 14.5. The number of nitrogens with two attached hydrogens (primary N) is 1. The molecule has 0 atom stereocenters. The van der Waals surface area contributed by atoms with E-state index in [0.29, 0.717) is 32.3 Å².